The first-order valence-corrected chi connectivity index (χ1v) is 10.2. The molecule has 0 radical (unpaired) electrons. The van der Waals surface area contributed by atoms with Crippen LogP contribution in [0, 0.1) is 6.92 Å². The zero-order chi connectivity index (χ0) is 21.1. The van der Waals surface area contributed by atoms with Crippen molar-refractivity contribution < 1.29 is 14.3 Å². The molecule has 152 valence electrons. The Balaban J connectivity index is 1.94. The molecule has 1 aromatic carbocycles. The highest BCUT2D eigenvalue weighted by atomic mass is 32.1. The van der Waals surface area contributed by atoms with Crippen LogP contribution in [-0.4, -0.2) is 34.1 Å². The van der Waals surface area contributed by atoms with E-state index in [1.807, 2.05) is 37.3 Å². The molecule has 0 saturated carbocycles. The van der Waals surface area contributed by atoms with Gasteiger partial charge in [-0.2, -0.15) is 0 Å². The molecule has 0 aliphatic carbocycles. The molecule has 0 aliphatic rings. The number of hydrogen-bond acceptors (Lipinski definition) is 6. The molecular formula is C21H23N3O4S. The van der Waals surface area contributed by atoms with Crippen molar-refractivity contribution in [3.8, 4) is 0 Å². The molecule has 0 aliphatic heterocycles. The molecule has 0 saturated heterocycles. The summed E-state index contributed by atoms with van der Waals surface area (Å²) in [7, 11) is 0. The summed E-state index contributed by atoms with van der Waals surface area (Å²) in [6.07, 6.45) is 1.10. The van der Waals surface area contributed by atoms with Gasteiger partial charge in [-0.1, -0.05) is 18.2 Å². The van der Waals surface area contributed by atoms with Crippen molar-refractivity contribution in [1.82, 2.24) is 9.55 Å². The maximum Gasteiger partial charge on any atom is 0.348 e. The van der Waals surface area contributed by atoms with Crippen LogP contribution in [0.15, 0.2) is 41.5 Å². The van der Waals surface area contributed by atoms with Crippen molar-refractivity contribution in [2.45, 2.75) is 40.3 Å². The topological polar surface area (TPSA) is 81.5 Å². The standard InChI is InChI=1S/C21H23N3O4S/c1-5-24(15-9-7-6-8-10-15)16(25)11-23-12-22-19-17(20(23)26)14(4)18(29-19)21(27)28-13(2)3/h6-10,12-13H,5,11H2,1-4H3. The lowest BCUT2D eigenvalue weighted by atomic mass is 10.2. The summed E-state index contributed by atoms with van der Waals surface area (Å²) in [4.78, 5) is 44.8. The number of fused-ring (bicyclic) bond motifs is 1. The summed E-state index contributed by atoms with van der Waals surface area (Å²) < 4.78 is 6.54. The molecular weight excluding hydrogens is 390 g/mol. The first kappa shape index (κ1) is 20.7. The average molecular weight is 413 g/mol. The minimum atomic E-state index is -0.469. The summed E-state index contributed by atoms with van der Waals surface area (Å²) in [6.45, 7) is 7.47. The number of anilines is 1. The van der Waals surface area contributed by atoms with Gasteiger partial charge in [-0.25, -0.2) is 9.78 Å². The minimum Gasteiger partial charge on any atom is -0.459 e. The van der Waals surface area contributed by atoms with Crippen molar-refractivity contribution in [3.63, 3.8) is 0 Å². The van der Waals surface area contributed by atoms with E-state index in [0.717, 1.165) is 17.0 Å². The van der Waals surface area contributed by atoms with E-state index in [1.54, 1.807) is 25.7 Å². The number of hydrogen-bond donors (Lipinski definition) is 0. The lowest BCUT2D eigenvalue weighted by Gasteiger charge is -2.21. The minimum absolute atomic E-state index is 0.133. The number of benzene rings is 1. The second kappa shape index (κ2) is 8.57. The van der Waals surface area contributed by atoms with Crippen molar-refractivity contribution in [3.05, 3.63) is 57.5 Å². The largest absolute Gasteiger partial charge is 0.459 e. The fraction of sp³-hybridized carbons (Fsp3) is 0.333. The summed E-state index contributed by atoms with van der Waals surface area (Å²) in [5, 5.41) is 0.351. The zero-order valence-corrected chi connectivity index (χ0v) is 17.7. The highest BCUT2D eigenvalue weighted by Gasteiger charge is 2.22. The van der Waals surface area contributed by atoms with Crippen LogP contribution in [0.3, 0.4) is 0 Å². The Labute approximate surface area is 172 Å². The number of rotatable bonds is 6. The van der Waals surface area contributed by atoms with Crippen molar-refractivity contribution in [1.29, 1.82) is 0 Å². The molecule has 2 aromatic heterocycles. The SMILES string of the molecule is CCN(C(=O)Cn1cnc2sc(C(=O)OC(C)C)c(C)c2c1=O)c1ccccc1. The maximum absolute atomic E-state index is 13.0. The molecule has 7 nitrogen and oxygen atoms in total. The third-order valence-electron chi connectivity index (χ3n) is 4.44. The Hall–Kier alpha value is -3.00. The normalized spacial score (nSPS) is 11.1. The lowest BCUT2D eigenvalue weighted by molar-refractivity contribution is -0.119. The van der Waals surface area contributed by atoms with Gasteiger partial charge in [0.1, 0.15) is 16.3 Å². The van der Waals surface area contributed by atoms with Gasteiger partial charge in [0.2, 0.25) is 5.91 Å². The number of aryl methyl sites for hydroxylation is 1. The number of ether oxygens (including phenoxy) is 1. The predicted molar refractivity (Wildman–Crippen MR) is 114 cm³/mol. The molecule has 0 bridgehead atoms. The Kier molecular flexibility index (Phi) is 6.12. The fourth-order valence-corrected chi connectivity index (χ4v) is 4.10. The van der Waals surface area contributed by atoms with Crippen LogP contribution in [0.2, 0.25) is 0 Å². The molecule has 0 unspecified atom stereocenters. The van der Waals surface area contributed by atoms with Crippen LogP contribution in [0.5, 0.6) is 0 Å². The van der Waals surface area contributed by atoms with E-state index in [4.69, 9.17) is 4.74 Å². The molecule has 3 aromatic rings. The quantitative estimate of drug-likeness (QED) is 0.579. The zero-order valence-electron chi connectivity index (χ0n) is 16.8. The number of likely N-dealkylation sites (N-methyl/N-ethyl adjacent to an activating group) is 1. The van der Waals surface area contributed by atoms with Gasteiger partial charge in [-0.15, -0.1) is 11.3 Å². The molecule has 3 rings (SSSR count). The molecule has 29 heavy (non-hydrogen) atoms. The smallest absolute Gasteiger partial charge is 0.348 e. The Morgan fingerprint density at radius 3 is 2.55 bits per heavy atom. The lowest BCUT2D eigenvalue weighted by Crippen LogP contribution is -2.36. The number of para-hydroxylation sites is 1. The van der Waals surface area contributed by atoms with Crippen LogP contribution < -0.4 is 10.5 Å². The number of esters is 1. The summed E-state index contributed by atoms with van der Waals surface area (Å²) in [5.74, 6) is -0.682. The van der Waals surface area contributed by atoms with Gasteiger partial charge in [-0.3, -0.25) is 14.2 Å². The molecule has 0 spiro atoms. The molecule has 1 amide bonds. The van der Waals surface area contributed by atoms with Gasteiger partial charge in [0.25, 0.3) is 5.56 Å². The van der Waals surface area contributed by atoms with E-state index in [-0.39, 0.29) is 24.1 Å². The first-order valence-electron chi connectivity index (χ1n) is 9.38. The highest BCUT2D eigenvalue weighted by molar-refractivity contribution is 7.20. The van der Waals surface area contributed by atoms with Gasteiger partial charge in [0, 0.05) is 12.2 Å². The van der Waals surface area contributed by atoms with Crippen LogP contribution >= 0.6 is 11.3 Å². The van der Waals surface area contributed by atoms with E-state index in [9.17, 15) is 14.4 Å². The maximum atomic E-state index is 13.0. The van der Waals surface area contributed by atoms with E-state index in [1.165, 1.54) is 10.9 Å². The van der Waals surface area contributed by atoms with E-state index < -0.39 is 5.97 Å². The van der Waals surface area contributed by atoms with Crippen LogP contribution in [0.1, 0.15) is 36.0 Å². The molecule has 0 N–H and O–H groups in total. The Bertz CT molecular complexity index is 1100. The monoisotopic (exact) mass is 413 g/mol. The first-order chi connectivity index (χ1) is 13.8. The second-order valence-corrected chi connectivity index (χ2v) is 7.84. The third kappa shape index (κ3) is 4.22. The van der Waals surface area contributed by atoms with Gasteiger partial charge >= 0.3 is 5.97 Å². The molecule has 2 heterocycles. The second-order valence-electron chi connectivity index (χ2n) is 6.84. The van der Waals surface area contributed by atoms with Gasteiger partial charge in [0.15, 0.2) is 0 Å². The number of carbonyl (C=O) groups is 2. The van der Waals surface area contributed by atoms with Crippen LogP contribution in [0.4, 0.5) is 5.69 Å². The predicted octanol–water partition coefficient (Wildman–Crippen LogP) is 3.38. The fourth-order valence-electron chi connectivity index (χ4n) is 3.08. The Morgan fingerprint density at radius 1 is 1.24 bits per heavy atom. The Morgan fingerprint density at radius 2 is 1.93 bits per heavy atom. The van der Waals surface area contributed by atoms with Crippen molar-refractivity contribution in [2.75, 3.05) is 11.4 Å². The number of thiophene rings is 1. The van der Waals surface area contributed by atoms with Crippen LogP contribution in [-0.2, 0) is 16.1 Å². The molecule has 0 atom stereocenters. The summed E-state index contributed by atoms with van der Waals surface area (Å²) >= 11 is 1.13. The van der Waals surface area contributed by atoms with Gasteiger partial charge in [-0.05, 0) is 45.4 Å². The van der Waals surface area contributed by atoms with E-state index in [2.05, 4.69) is 4.98 Å². The molecule has 0 fully saturated rings. The highest BCUT2D eigenvalue weighted by Crippen LogP contribution is 2.27. The third-order valence-corrected chi connectivity index (χ3v) is 5.62. The van der Waals surface area contributed by atoms with Gasteiger partial charge in [0.05, 0.1) is 17.8 Å². The summed E-state index contributed by atoms with van der Waals surface area (Å²) in [6, 6.07) is 9.29. The summed E-state index contributed by atoms with van der Waals surface area (Å²) in [5.41, 5.74) is 0.961. The van der Waals surface area contributed by atoms with E-state index >= 15 is 0 Å². The average Bonchev–Trinajstić information content (AvgIpc) is 3.02. The number of carbonyl (C=O) groups excluding carboxylic acids is 2. The number of amides is 1. The van der Waals surface area contributed by atoms with Crippen molar-refractivity contribution >= 4 is 39.1 Å². The van der Waals surface area contributed by atoms with E-state index in [0.29, 0.717) is 27.2 Å². The van der Waals surface area contributed by atoms with Crippen LogP contribution in [0.25, 0.3) is 10.2 Å². The van der Waals surface area contributed by atoms with Crippen molar-refractivity contribution in [2.24, 2.45) is 0 Å². The molecule has 8 heteroatoms. The van der Waals surface area contributed by atoms with Gasteiger partial charge < -0.3 is 9.64 Å². The number of aromatic nitrogens is 2. The number of nitrogens with zero attached hydrogens (tertiary/aromatic N) is 3.